The van der Waals surface area contributed by atoms with Crippen LogP contribution >= 0.6 is 0 Å². The van der Waals surface area contributed by atoms with Crippen molar-refractivity contribution in [3.63, 3.8) is 0 Å². The molecule has 0 nitrogen and oxygen atoms in total. The van der Waals surface area contributed by atoms with Crippen LogP contribution in [0.5, 0.6) is 0 Å². The molecule has 0 unspecified atom stereocenters. The van der Waals surface area contributed by atoms with Crippen molar-refractivity contribution < 1.29 is 0 Å². The maximum absolute atomic E-state index is 3.00. The molecule has 0 aliphatic rings. The molecule has 0 N–H and O–H groups in total. The first-order chi connectivity index (χ1) is 7.00. The van der Waals surface area contributed by atoms with Crippen molar-refractivity contribution in [1.82, 2.24) is 0 Å². The summed E-state index contributed by atoms with van der Waals surface area (Å²) in [5, 5.41) is 0. The summed E-state index contributed by atoms with van der Waals surface area (Å²) in [7, 11) is 0. The van der Waals surface area contributed by atoms with Crippen LogP contribution in [0, 0.1) is 0 Å². The van der Waals surface area contributed by atoms with Crippen LogP contribution in [0.25, 0.3) is 0 Å². The van der Waals surface area contributed by atoms with E-state index in [4.69, 9.17) is 0 Å². The van der Waals surface area contributed by atoms with E-state index in [1.807, 2.05) is 13.8 Å². The van der Waals surface area contributed by atoms with Gasteiger partial charge in [0.15, 0.2) is 0 Å². The lowest BCUT2D eigenvalue weighted by Gasteiger charge is -1.07. The van der Waals surface area contributed by atoms with Gasteiger partial charge in [-0.3, -0.25) is 0 Å². The Balaban J connectivity index is -0.00000000817. The van der Waals surface area contributed by atoms with Gasteiger partial charge in [0.2, 0.25) is 0 Å². The van der Waals surface area contributed by atoms with Crippen molar-refractivity contribution in [1.29, 1.82) is 0 Å². The number of hydrogen-bond donors (Lipinski definition) is 0. The SMILES string of the molecule is C=C.C=C.C=C.C=C.C=C.C=C.CC. The van der Waals surface area contributed by atoms with Gasteiger partial charge >= 0.3 is 0 Å². The van der Waals surface area contributed by atoms with Crippen molar-refractivity contribution in [2.24, 2.45) is 0 Å². The van der Waals surface area contributed by atoms with Crippen LogP contribution in [0.4, 0.5) is 0 Å². The summed E-state index contributed by atoms with van der Waals surface area (Å²) in [5.74, 6) is 0. The molecule has 0 rings (SSSR count). The Kier molecular flexibility index (Phi) is 2010. The van der Waals surface area contributed by atoms with Gasteiger partial charge in [-0.1, -0.05) is 13.8 Å². The van der Waals surface area contributed by atoms with Crippen molar-refractivity contribution in [3.8, 4) is 0 Å². The van der Waals surface area contributed by atoms with E-state index < -0.39 is 0 Å². The summed E-state index contributed by atoms with van der Waals surface area (Å²) in [5.41, 5.74) is 0. The second kappa shape index (κ2) is 512. The second-order valence-corrected chi connectivity index (χ2v) is 0. The summed E-state index contributed by atoms with van der Waals surface area (Å²) in [6.45, 7) is 40.0. The standard InChI is InChI=1S/C2H6.6C2H4/c7*1-2/h1-2H3;6*1-2H2. The Labute approximate surface area is 93.4 Å². The fraction of sp³-hybridized carbons (Fsp3) is 0.143. The van der Waals surface area contributed by atoms with E-state index in [0.29, 0.717) is 0 Å². The molecular weight excluding hydrogens is 168 g/mol. The first kappa shape index (κ1) is 55.0. The molecule has 0 saturated heterocycles. The number of hydrogen-bond acceptors (Lipinski definition) is 0. The highest BCUT2D eigenvalue weighted by Crippen LogP contribution is 1.14. The third-order valence-electron chi connectivity index (χ3n) is 0. The van der Waals surface area contributed by atoms with Crippen LogP contribution < -0.4 is 0 Å². The Morgan fingerprint density at radius 1 is 0.286 bits per heavy atom. The van der Waals surface area contributed by atoms with E-state index >= 15 is 0 Å². The largest absolute Gasteiger partial charge is 0.106 e. The fourth-order valence-electron chi connectivity index (χ4n) is 0. The minimum absolute atomic E-state index is 2.00. The maximum Gasteiger partial charge on any atom is -0.0683 e. The molecule has 0 fully saturated rings. The smallest absolute Gasteiger partial charge is 0.0683 e. The molecule has 0 aromatic heterocycles. The Morgan fingerprint density at radius 2 is 0.286 bits per heavy atom. The molecule has 0 aliphatic carbocycles. The average molecular weight is 198 g/mol. The molecule has 0 bridgehead atoms. The molecule has 0 atom stereocenters. The zero-order valence-electron chi connectivity index (χ0n) is 10.5. The zero-order valence-corrected chi connectivity index (χ0v) is 10.5. The summed E-state index contributed by atoms with van der Waals surface area (Å²) < 4.78 is 0. The average Bonchev–Trinajstić information content (AvgIpc) is 2.45. The summed E-state index contributed by atoms with van der Waals surface area (Å²) in [6.07, 6.45) is 0. The molecule has 0 aromatic rings. The fourth-order valence-corrected chi connectivity index (χ4v) is 0. The Hall–Kier alpha value is -1.56. The summed E-state index contributed by atoms with van der Waals surface area (Å²) in [6, 6.07) is 0. The monoisotopic (exact) mass is 198 g/mol. The van der Waals surface area contributed by atoms with Gasteiger partial charge in [0.1, 0.15) is 0 Å². The lowest BCUT2D eigenvalue weighted by atomic mass is 11.0. The molecule has 0 heterocycles. The van der Waals surface area contributed by atoms with Crippen LogP contribution in [0.2, 0.25) is 0 Å². The van der Waals surface area contributed by atoms with Crippen LogP contribution in [0.1, 0.15) is 13.8 Å². The molecule has 0 amide bonds. The van der Waals surface area contributed by atoms with Gasteiger partial charge < -0.3 is 0 Å². The van der Waals surface area contributed by atoms with E-state index in [-0.39, 0.29) is 0 Å². The van der Waals surface area contributed by atoms with Gasteiger partial charge in [-0.2, -0.15) is 0 Å². The topological polar surface area (TPSA) is 0 Å². The Bertz CT molecular complexity index is 15.5. The van der Waals surface area contributed by atoms with Gasteiger partial charge in [-0.05, 0) is 0 Å². The highest BCUT2D eigenvalue weighted by molar-refractivity contribution is 4.23. The van der Waals surface area contributed by atoms with Crippen LogP contribution in [-0.4, -0.2) is 0 Å². The van der Waals surface area contributed by atoms with E-state index in [1.165, 1.54) is 0 Å². The normalized spacial score (nSPS) is 2.14. The van der Waals surface area contributed by atoms with E-state index in [0.717, 1.165) is 0 Å². The molecule has 14 heavy (non-hydrogen) atoms. The summed E-state index contributed by atoms with van der Waals surface area (Å²) >= 11 is 0. The van der Waals surface area contributed by atoms with Crippen LogP contribution in [0.15, 0.2) is 78.9 Å². The molecule has 0 radical (unpaired) electrons. The van der Waals surface area contributed by atoms with Crippen molar-refractivity contribution in [2.75, 3.05) is 0 Å². The molecule has 0 aliphatic heterocycles. The van der Waals surface area contributed by atoms with Crippen LogP contribution in [0.3, 0.4) is 0 Å². The van der Waals surface area contributed by atoms with E-state index in [9.17, 15) is 0 Å². The lowest BCUT2D eigenvalue weighted by molar-refractivity contribution is 1.50. The molecular formula is C14H30. The first-order valence-electron chi connectivity index (χ1n) is 4.00. The maximum atomic E-state index is 3.00. The quantitative estimate of drug-likeness (QED) is 0.429. The third kappa shape index (κ3) is 382. The highest BCUT2D eigenvalue weighted by Gasteiger charge is 0.932. The third-order valence-corrected chi connectivity index (χ3v) is 0. The first-order valence-corrected chi connectivity index (χ1v) is 4.00. The predicted molar refractivity (Wildman–Crippen MR) is 78.9 cm³/mol. The van der Waals surface area contributed by atoms with Crippen molar-refractivity contribution in [2.45, 2.75) is 13.8 Å². The highest BCUT2D eigenvalue weighted by atomic mass is 13.0. The Morgan fingerprint density at radius 3 is 0.286 bits per heavy atom. The van der Waals surface area contributed by atoms with E-state index in [2.05, 4.69) is 78.9 Å². The minimum atomic E-state index is 2.00. The number of rotatable bonds is 0. The molecule has 0 heteroatoms. The van der Waals surface area contributed by atoms with Gasteiger partial charge in [0.05, 0.1) is 0 Å². The van der Waals surface area contributed by atoms with Gasteiger partial charge in [0, 0.05) is 0 Å². The van der Waals surface area contributed by atoms with Gasteiger partial charge in [-0.15, -0.1) is 78.9 Å². The second-order valence-electron chi connectivity index (χ2n) is 0. The minimum Gasteiger partial charge on any atom is -0.106 e. The summed E-state index contributed by atoms with van der Waals surface area (Å²) in [4.78, 5) is 0. The molecule has 0 saturated carbocycles. The molecule has 86 valence electrons. The predicted octanol–water partition coefficient (Wildman–Crippen LogP) is 5.84. The van der Waals surface area contributed by atoms with Crippen LogP contribution in [-0.2, 0) is 0 Å². The lowest BCUT2D eigenvalue weighted by Crippen LogP contribution is -0.856. The molecule has 0 spiro atoms. The van der Waals surface area contributed by atoms with Crippen molar-refractivity contribution in [3.05, 3.63) is 78.9 Å². The molecule has 0 aromatic carbocycles. The van der Waals surface area contributed by atoms with E-state index in [1.54, 1.807) is 0 Å². The van der Waals surface area contributed by atoms with Gasteiger partial charge in [-0.25, -0.2) is 0 Å². The van der Waals surface area contributed by atoms with Gasteiger partial charge in [0.25, 0.3) is 0 Å². The van der Waals surface area contributed by atoms with Crippen molar-refractivity contribution >= 4 is 0 Å². The zero-order chi connectivity index (χ0) is 14.0.